The highest BCUT2D eigenvalue weighted by Gasteiger charge is 2.50. The van der Waals surface area contributed by atoms with Crippen molar-refractivity contribution in [2.75, 3.05) is 251 Å². The third kappa shape index (κ3) is 55.4. The van der Waals surface area contributed by atoms with E-state index in [2.05, 4.69) is 64.8 Å². The molecule has 1 unspecified atom stereocenters. The van der Waals surface area contributed by atoms with E-state index in [0.29, 0.717) is 18.1 Å². The summed E-state index contributed by atoms with van der Waals surface area (Å²) in [6, 6.07) is 0. The SMILES string of the molecule is C(CC1CCNCC1)CC1CCNCC1.C1CNCCN1.CN(C)CCCN.CN(C)CCN.NCC12CC3CC(CC(C3)C1)C2.NCC1CC1.NCC1CCCCC1.NCC1CCCO1.NCCCN1CCOCC1.NCCCn1ccnc1.NCCN1CCCCC1.NCCN1CCOCC1. The molecule has 4 bridgehead atoms. The number of likely N-dealkylation sites (tertiary alicyclic amines) is 1. The molecule has 0 radical (unpaired) electrons. The Morgan fingerprint density at radius 1 is 0.408 bits per heavy atom. The fourth-order valence-corrected chi connectivity index (χ4v) is 15.7. The number of piperazine rings is 1. The lowest BCUT2D eigenvalue weighted by atomic mass is 9.50. The molecule has 0 spiro atoms. The van der Waals surface area contributed by atoms with E-state index in [9.17, 15) is 0 Å². The third-order valence-corrected chi connectivity index (χ3v) is 21.9. The summed E-state index contributed by atoms with van der Waals surface area (Å²) in [7, 11) is 8.12. The Morgan fingerprint density at radius 2 is 0.854 bits per heavy atom. The number of ether oxygens (including phenoxy) is 3. The largest absolute Gasteiger partial charge is 0.379 e. The average molecular weight is 1470 g/mol. The average Bonchev–Trinajstić information content (AvgIpc) is 0.824. The third-order valence-electron chi connectivity index (χ3n) is 21.9. The van der Waals surface area contributed by atoms with Crippen LogP contribution in [0.3, 0.4) is 0 Å². The standard InChI is InChI=1S/C13H26N2.C11H19N.C7H16N2O.C7H16N2.C7H15N.C6H11N3.C6H14N2O.C5H14N2.C5H11NO.C4H10N2.C4H12N2.C4H9N/c1(2-12-4-8-14-9-5-12)3-13-6-10-15-11-7-13;12-7-11-4-8-1-9(5-11)3-10(2-8)6-11;8-2-1-3-9-4-6-10-7-5-9;8-4-7-9-5-2-1-3-6-9;8-6-7-4-2-1-3-5-7;7-2-1-4-9-5-3-8-6-9;7-1-2-8-3-5-9-6-4-8;1-7(2)5-3-4-6;6-4-5-2-1-3-7-5;1-2-6-4-3-5-1;1-6(2)4-3-5;5-3-4-1-2-4/h12-15H,1-11H2;8-10H,1-7,12H2;1-8H2;1-8H2;7H,1-6,8H2;3,5-6H,1-2,4,7H2;1-7H2;3-6H2,1-2H3;5H,1-4,6H2;5-6H,1-4H2;3-5H2,1-2H3;4H,1-3,5H2. The van der Waals surface area contributed by atoms with Crippen LogP contribution in [0.4, 0.5) is 0 Å². The van der Waals surface area contributed by atoms with Crippen LogP contribution in [0.5, 0.6) is 0 Å². The molecule has 7 saturated heterocycles. The van der Waals surface area contributed by atoms with Gasteiger partial charge in [0, 0.05) is 124 Å². The maximum atomic E-state index is 5.93. The molecular weight excluding hydrogens is 1290 g/mol. The predicted octanol–water partition coefficient (Wildman–Crippen LogP) is 4.51. The number of nitrogens with two attached hydrogens (primary N) is 10. The summed E-state index contributed by atoms with van der Waals surface area (Å²) in [5.74, 6) is 7.05. The second kappa shape index (κ2) is 68.4. The number of nitrogens with zero attached hydrogens (tertiary/aromatic N) is 7. The molecule has 1 aromatic rings. The van der Waals surface area contributed by atoms with Gasteiger partial charge in [-0.3, -0.25) is 9.80 Å². The lowest BCUT2D eigenvalue weighted by Crippen LogP contribution is -2.49. The second-order valence-corrected chi connectivity index (χ2v) is 31.7. The molecule has 7 aliphatic heterocycles. The van der Waals surface area contributed by atoms with E-state index in [1.54, 1.807) is 12.5 Å². The number of aryl methyl sites for hydroxylation is 1. The first kappa shape index (κ1) is 97.4. The zero-order chi connectivity index (χ0) is 74.9. The molecule has 6 saturated carbocycles. The molecule has 612 valence electrons. The Balaban J connectivity index is 0.000000386. The van der Waals surface area contributed by atoms with Gasteiger partial charge in [-0.2, -0.15) is 0 Å². The van der Waals surface area contributed by atoms with Gasteiger partial charge in [-0.05, 0) is 301 Å². The molecule has 1 atom stereocenters. The lowest BCUT2D eigenvalue weighted by molar-refractivity contribution is -0.0468. The summed E-state index contributed by atoms with van der Waals surface area (Å²) < 4.78 is 17.6. The number of likely N-dealkylation sites (N-methyl/N-ethyl adjacent to an activating group) is 1. The van der Waals surface area contributed by atoms with Gasteiger partial charge >= 0.3 is 0 Å². The van der Waals surface area contributed by atoms with Gasteiger partial charge in [-0.25, -0.2) is 4.98 Å². The first-order valence-electron chi connectivity index (χ1n) is 42.3. The van der Waals surface area contributed by atoms with E-state index in [1.165, 1.54) is 193 Å². The van der Waals surface area contributed by atoms with Crippen molar-refractivity contribution >= 4 is 0 Å². The van der Waals surface area contributed by atoms with Gasteiger partial charge < -0.3 is 112 Å². The number of nitrogens with one attached hydrogen (secondary N) is 4. The lowest BCUT2D eigenvalue weighted by Gasteiger charge is -2.56. The minimum Gasteiger partial charge on any atom is -0.379 e. The molecule has 0 aromatic carbocycles. The van der Waals surface area contributed by atoms with Crippen molar-refractivity contribution in [3.8, 4) is 0 Å². The van der Waals surface area contributed by atoms with Crippen molar-refractivity contribution in [1.29, 1.82) is 0 Å². The van der Waals surface area contributed by atoms with E-state index in [1.807, 2.05) is 24.9 Å². The summed E-state index contributed by atoms with van der Waals surface area (Å²) in [6.07, 6.45) is 44.7. The van der Waals surface area contributed by atoms with Crippen molar-refractivity contribution in [1.82, 2.24) is 55.3 Å². The monoisotopic (exact) mass is 1460 g/mol. The maximum Gasteiger partial charge on any atom is 0.0945 e. The summed E-state index contributed by atoms with van der Waals surface area (Å²) in [4.78, 5) is 15.3. The molecule has 1 aromatic heterocycles. The molecule has 6 aliphatic carbocycles. The Bertz CT molecular complexity index is 1760. The fraction of sp³-hybridized carbons (Fsp3) is 0.962. The number of aromatic nitrogens is 2. The van der Waals surface area contributed by atoms with Gasteiger partial charge in [0.1, 0.15) is 0 Å². The molecule has 14 rings (SSSR count). The molecule has 24 nitrogen and oxygen atoms in total. The quantitative estimate of drug-likeness (QED) is 0.0716. The van der Waals surface area contributed by atoms with Crippen LogP contribution in [0.2, 0.25) is 0 Å². The summed E-state index contributed by atoms with van der Waals surface area (Å²) >= 11 is 0. The van der Waals surface area contributed by atoms with Crippen LogP contribution in [-0.2, 0) is 20.8 Å². The Kier molecular flexibility index (Phi) is 64.7. The minimum atomic E-state index is 0.375. The Labute approximate surface area is 633 Å². The van der Waals surface area contributed by atoms with Crippen LogP contribution in [0.1, 0.15) is 180 Å². The maximum absolute atomic E-state index is 5.93. The summed E-state index contributed by atoms with van der Waals surface area (Å²) in [6.45, 7) is 35.4. The molecule has 103 heavy (non-hydrogen) atoms. The fourth-order valence-electron chi connectivity index (χ4n) is 15.7. The molecule has 24 N–H and O–H groups in total. The van der Waals surface area contributed by atoms with Crippen LogP contribution in [0, 0.1) is 46.8 Å². The van der Waals surface area contributed by atoms with Crippen LogP contribution in [0.25, 0.3) is 0 Å². The molecule has 24 heteroatoms. The molecular formula is C79H173N21O3. The molecule has 8 heterocycles. The van der Waals surface area contributed by atoms with Gasteiger partial charge in [-0.1, -0.05) is 44.9 Å². The van der Waals surface area contributed by atoms with Crippen LogP contribution in [-0.4, -0.2) is 291 Å². The molecule has 13 aliphatic rings. The number of hydrogen-bond acceptors (Lipinski definition) is 23. The number of hydrogen-bond donors (Lipinski definition) is 14. The highest BCUT2D eigenvalue weighted by Crippen LogP contribution is 2.59. The second-order valence-electron chi connectivity index (χ2n) is 31.7. The molecule has 13 fully saturated rings. The number of imidazole rings is 1. The minimum absolute atomic E-state index is 0.375. The van der Waals surface area contributed by atoms with Crippen LogP contribution < -0.4 is 78.6 Å². The number of piperidine rings is 3. The Morgan fingerprint density at radius 3 is 1.18 bits per heavy atom. The van der Waals surface area contributed by atoms with E-state index >= 15 is 0 Å². The van der Waals surface area contributed by atoms with E-state index < -0.39 is 0 Å². The first-order valence-corrected chi connectivity index (χ1v) is 42.3. The zero-order valence-corrected chi connectivity index (χ0v) is 67.5. The van der Waals surface area contributed by atoms with Crippen molar-refractivity contribution in [3.05, 3.63) is 18.7 Å². The first-order chi connectivity index (χ1) is 50.3. The highest BCUT2D eigenvalue weighted by atomic mass is 16.5. The van der Waals surface area contributed by atoms with Gasteiger partial charge in [0.15, 0.2) is 0 Å². The van der Waals surface area contributed by atoms with E-state index in [4.69, 9.17) is 71.5 Å². The number of morpholine rings is 2. The van der Waals surface area contributed by atoms with Gasteiger partial charge in [0.05, 0.1) is 38.9 Å². The summed E-state index contributed by atoms with van der Waals surface area (Å²) in [5, 5.41) is 13.3. The van der Waals surface area contributed by atoms with Gasteiger partial charge in [-0.15, -0.1) is 0 Å². The van der Waals surface area contributed by atoms with Crippen LogP contribution in [0.15, 0.2) is 18.7 Å². The topological polar surface area (TPSA) is 370 Å². The van der Waals surface area contributed by atoms with Crippen molar-refractivity contribution < 1.29 is 14.2 Å². The normalized spacial score (nSPS) is 24.9. The zero-order valence-electron chi connectivity index (χ0n) is 67.5. The van der Waals surface area contributed by atoms with Gasteiger partial charge in [0.2, 0.25) is 0 Å². The van der Waals surface area contributed by atoms with Gasteiger partial charge in [0.25, 0.3) is 0 Å². The smallest absolute Gasteiger partial charge is 0.0945 e. The van der Waals surface area contributed by atoms with Crippen molar-refractivity contribution in [3.63, 3.8) is 0 Å². The predicted molar refractivity (Wildman–Crippen MR) is 438 cm³/mol. The van der Waals surface area contributed by atoms with Crippen molar-refractivity contribution in [2.24, 2.45) is 104 Å². The van der Waals surface area contributed by atoms with E-state index in [-0.39, 0.29) is 0 Å². The molecule has 0 amide bonds. The number of rotatable bonds is 23. The van der Waals surface area contributed by atoms with Crippen LogP contribution >= 0.6 is 0 Å². The summed E-state index contributed by atoms with van der Waals surface area (Å²) in [5.41, 5.74) is 54.5. The highest BCUT2D eigenvalue weighted by molar-refractivity contribution is 5.01. The van der Waals surface area contributed by atoms with Crippen molar-refractivity contribution in [2.45, 2.75) is 192 Å². The van der Waals surface area contributed by atoms with E-state index in [0.717, 1.165) is 251 Å². The Hall–Kier alpha value is -1.67.